The van der Waals surface area contributed by atoms with Crippen molar-refractivity contribution in [1.29, 1.82) is 0 Å². The van der Waals surface area contributed by atoms with E-state index in [1.54, 1.807) is 23.6 Å². The van der Waals surface area contributed by atoms with E-state index in [4.69, 9.17) is 4.74 Å². The van der Waals surface area contributed by atoms with Gasteiger partial charge in [-0.15, -0.1) is 16.9 Å². The lowest BCUT2D eigenvalue weighted by Crippen LogP contribution is -2.31. The van der Waals surface area contributed by atoms with Crippen molar-refractivity contribution in [2.24, 2.45) is 0 Å². The van der Waals surface area contributed by atoms with Crippen molar-refractivity contribution in [2.75, 3.05) is 26.0 Å². The van der Waals surface area contributed by atoms with Crippen LogP contribution in [0.4, 0.5) is 0 Å². The quantitative estimate of drug-likeness (QED) is 0.749. The molecule has 1 fully saturated rings. The normalized spacial score (nSPS) is 17.9. The zero-order valence-electron chi connectivity index (χ0n) is 12.7. The van der Waals surface area contributed by atoms with Crippen LogP contribution in [0, 0.1) is 0 Å². The third kappa shape index (κ3) is 3.94. The summed E-state index contributed by atoms with van der Waals surface area (Å²) in [5.74, 6) is 0.603. The summed E-state index contributed by atoms with van der Waals surface area (Å²) in [7, 11) is 1.64. The lowest BCUT2D eigenvalue weighted by Gasteiger charge is -2.21. The van der Waals surface area contributed by atoms with Crippen molar-refractivity contribution in [3.8, 4) is 0 Å². The van der Waals surface area contributed by atoms with Gasteiger partial charge in [-0.3, -0.25) is 4.79 Å². The van der Waals surface area contributed by atoms with E-state index in [0.717, 1.165) is 15.7 Å². The number of thioether (sulfide) groups is 1. The Hall–Kier alpha value is -1.38. The maximum atomic E-state index is 12.0. The van der Waals surface area contributed by atoms with Gasteiger partial charge in [-0.1, -0.05) is 33.3 Å². The zero-order valence-corrected chi connectivity index (χ0v) is 15.1. The number of ether oxygens (including phenoxy) is 1. The van der Waals surface area contributed by atoms with Crippen molar-refractivity contribution in [3.05, 3.63) is 46.2 Å². The maximum absolute atomic E-state index is 12.0. The summed E-state index contributed by atoms with van der Waals surface area (Å²) in [4.78, 5) is 13.8. The Kier molecular flexibility index (Phi) is 5.34. The van der Waals surface area contributed by atoms with E-state index in [9.17, 15) is 4.79 Å². The molecule has 1 aliphatic heterocycles. The van der Waals surface area contributed by atoms with Crippen molar-refractivity contribution in [2.45, 2.75) is 11.9 Å². The number of methoxy groups -OCH3 is 1. The average molecular weight is 397 g/mol. The second kappa shape index (κ2) is 7.46. The van der Waals surface area contributed by atoms with Crippen molar-refractivity contribution in [3.63, 3.8) is 0 Å². The minimum absolute atomic E-state index is 0.0751. The van der Waals surface area contributed by atoms with Crippen LogP contribution in [0.2, 0.25) is 0 Å². The molecular formula is C15H17BrN4O2S. The molecule has 1 saturated heterocycles. The van der Waals surface area contributed by atoms with E-state index in [0.29, 0.717) is 25.4 Å². The topological polar surface area (TPSA) is 60.2 Å². The Morgan fingerprint density at radius 1 is 1.48 bits per heavy atom. The van der Waals surface area contributed by atoms with E-state index in [-0.39, 0.29) is 11.3 Å². The molecule has 2 aromatic rings. The molecule has 8 heteroatoms. The van der Waals surface area contributed by atoms with Crippen LogP contribution in [0.3, 0.4) is 0 Å². The molecule has 0 unspecified atom stereocenters. The fourth-order valence-corrected chi connectivity index (χ4v) is 4.05. The van der Waals surface area contributed by atoms with E-state index in [1.165, 1.54) is 0 Å². The van der Waals surface area contributed by atoms with E-state index < -0.39 is 0 Å². The highest BCUT2D eigenvalue weighted by atomic mass is 79.9. The fourth-order valence-electron chi connectivity index (χ4n) is 2.46. The van der Waals surface area contributed by atoms with Gasteiger partial charge in [-0.25, -0.2) is 4.68 Å². The van der Waals surface area contributed by atoms with E-state index in [1.807, 2.05) is 29.3 Å². The van der Waals surface area contributed by atoms with Crippen molar-refractivity contribution >= 4 is 33.6 Å². The number of halogens is 1. The third-order valence-electron chi connectivity index (χ3n) is 3.55. The highest BCUT2D eigenvalue weighted by Crippen LogP contribution is 2.37. The zero-order chi connectivity index (χ0) is 16.2. The molecule has 122 valence electrons. The summed E-state index contributed by atoms with van der Waals surface area (Å²) in [6, 6.07) is 8.09. The maximum Gasteiger partial charge on any atom is 0.233 e. The first kappa shape index (κ1) is 16.5. The third-order valence-corrected chi connectivity index (χ3v) is 5.27. The molecule has 23 heavy (non-hydrogen) atoms. The van der Waals surface area contributed by atoms with Gasteiger partial charge < -0.3 is 9.64 Å². The highest BCUT2D eigenvalue weighted by Gasteiger charge is 2.34. The molecule has 3 rings (SSSR count). The number of carbonyl (C=O) groups is 1. The van der Waals surface area contributed by atoms with Gasteiger partial charge in [0.2, 0.25) is 5.91 Å². The molecule has 6 nitrogen and oxygen atoms in total. The lowest BCUT2D eigenvalue weighted by atomic mass is 10.2. The van der Waals surface area contributed by atoms with Gasteiger partial charge in [0.1, 0.15) is 11.1 Å². The molecule has 2 heterocycles. The number of nitrogens with zero attached hydrogens (tertiary/aromatic N) is 4. The Morgan fingerprint density at radius 3 is 3.13 bits per heavy atom. The SMILES string of the molecule is COCCN1C(=O)CS[C@H]1c1cn(Cc2cccc(Br)c2)nn1. The minimum atomic E-state index is -0.0751. The summed E-state index contributed by atoms with van der Waals surface area (Å²) >= 11 is 5.05. The van der Waals surface area contributed by atoms with Crippen molar-refractivity contribution < 1.29 is 9.53 Å². The number of benzene rings is 1. The molecule has 0 spiro atoms. The molecule has 1 amide bonds. The van der Waals surface area contributed by atoms with Crippen LogP contribution < -0.4 is 0 Å². The van der Waals surface area contributed by atoms with Crippen molar-refractivity contribution in [1.82, 2.24) is 19.9 Å². The van der Waals surface area contributed by atoms with Gasteiger partial charge >= 0.3 is 0 Å². The largest absolute Gasteiger partial charge is 0.383 e. The Labute approximate surface area is 147 Å². The molecule has 1 atom stereocenters. The van der Waals surface area contributed by atoms with Crippen LogP contribution in [0.25, 0.3) is 0 Å². The first-order valence-corrected chi connectivity index (χ1v) is 9.06. The number of rotatable bonds is 6. The van der Waals surface area contributed by atoms with Crippen LogP contribution in [0.5, 0.6) is 0 Å². The van der Waals surface area contributed by atoms with Gasteiger partial charge in [-0.05, 0) is 17.7 Å². The second-order valence-corrected chi connectivity index (χ2v) is 7.20. The number of carbonyl (C=O) groups excluding carboxylic acids is 1. The first-order chi connectivity index (χ1) is 11.2. The molecule has 1 aromatic heterocycles. The lowest BCUT2D eigenvalue weighted by molar-refractivity contribution is -0.128. The summed E-state index contributed by atoms with van der Waals surface area (Å²) in [5.41, 5.74) is 1.95. The predicted molar refractivity (Wildman–Crippen MR) is 92.1 cm³/mol. The Balaban J connectivity index is 1.72. The second-order valence-electron chi connectivity index (χ2n) is 5.21. The molecule has 0 N–H and O–H groups in total. The van der Waals surface area contributed by atoms with Crippen LogP contribution >= 0.6 is 27.7 Å². The standard InChI is InChI=1S/C15H17BrN4O2S/c1-22-6-5-20-14(21)10-23-15(20)13-9-19(18-17-13)8-11-3-2-4-12(16)7-11/h2-4,7,9,15H,5-6,8,10H2,1H3/t15-/m0/s1. The van der Waals surface area contributed by atoms with Crippen LogP contribution in [0.15, 0.2) is 34.9 Å². The van der Waals surface area contributed by atoms with Crippen LogP contribution in [0.1, 0.15) is 16.6 Å². The van der Waals surface area contributed by atoms with E-state index in [2.05, 4.69) is 32.3 Å². The molecule has 0 aliphatic carbocycles. The summed E-state index contributed by atoms with van der Waals surface area (Å²) < 4.78 is 7.92. The number of hydrogen-bond acceptors (Lipinski definition) is 5. The average Bonchev–Trinajstić information content (AvgIpc) is 3.12. The number of aromatic nitrogens is 3. The molecule has 0 radical (unpaired) electrons. The van der Waals surface area contributed by atoms with Gasteiger partial charge in [0, 0.05) is 18.1 Å². The fraction of sp³-hybridized carbons (Fsp3) is 0.400. The van der Waals surface area contributed by atoms with Gasteiger partial charge in [0.25, 0.3) is 0 Å². The van der Waals surface area contributed by atoms with Crippen LogP contribution in [-0.4, -0.2) is 51.8 Å². The molecular weight excluding hydrogens is 380 g/mol. The van der Waals surface area contributed by atoms with Gasteiger partial charge in [-0.2, -0.15) is 0 Å². The first-order valence-electron chi connectivity index (χ1n) is 7.22. The van der Waals surface area contributed by atoms with E-state index >= 15 is 0 Å². The number of hydrogen-bond donors (Lipinski definition) is 0. The minimum Gasteiger partial charge on any atom is -0.383 e. The molecule has 1 aliphatic rings. The summed E-state index contributed by atoms with van der Waals surface area (Å²) in [6.07, 6.45) is 1.91. The summed E-state index contributed by atoms with van der Waals surface area (Å²) in [6.45, 7) is 1.75. The number of amides is 1. The molecule has 0 saturated carbocycles. The monoisotopic (exact) mass is 396 g/mol. The Morgan fingerprint density at radius 2 is 2.35 bits per heavy atom. The Bertz CT molecular complexity index is 694. The smallest absolute Gasteiger partial charge is 0.233 e. The van der Waals surface area contributed by atoms with Gasteiger partial charge in [0.15, 0.2) is 0 Å². The molecule has 0 bridgehead atoms. The van der Waals surface area contributed by atoms with Gasteiger partial charge in [0.05, 0.1) is 25.1 Å². The summed E-state index contributed by atoms with van der Waals surface area (Å²) in [5, 5.41) is 8.37. The molecule has 1 aromatic carbocycles. The highest BCUT2D eigenvalue weighted by molar-refractivity contribution is 9.10. The van der Waals surface area contributed by atoms with Crippen LogP contribution in [-0.2, 0) is 16.1 Å². The predicted octanol–water partition coefficient (Wildman–Crippen LogP) is 2.31.